The maximum atomic E-state index is 12.5. The molecule has 1 amide bonds. The van der Waals surface area contributed by atoms with Gasteiger partial charge in [0.25, 0.3) is 5.91 Å². The molecule has 5 heteroatoms. The van der Waals surface area contributed by atoms with E-state index >= 15 is 0 Å². The number of hydrogen-bond acceptors (Lipinski definition) is 4. The summed E-state index contributed by atoms with van der Waals surface area (Å²) in [5.41, 5.74) is 2.01. The average Bonchev–Trinajstić information content (AvgIpc) is 2.68. The van der Waals surface area contributed by atoms with Gasteiger partial charge in [-0.25, -0.2) is 0 Å². The second-order valence-electron chi connectivity index (χ2n) is 6.83. The maximum Gasteiger partial charge on any atom is 0.308 e. The molecule has 0 atom stereocenters. The minimum absolute atomic E-state index is 0.0487. The Kier molecular flexibility index (Phi) is 6.08. The molecule has 136 valence electrons. The molecule has 1 aliphatic carbocycles. The molecule has 0 N–H and O–H groups in total. The van der Waals surface area contributed by atoms with E-state index in [1.54, 1.807) is 0 Å². The number of hydrogen-bond donors (Lipinski definition) is 0. The third-order valence-electron chi connectivity index (χ3n) is 5.27. The van der Waals surface area contributed by atoms with Crippen molar-refractivity contribution in [3.05, 3.63) is 35.4 Å². The summed E-state index contributed by atoms with van der Waals surface area (Å²) >= 11 is 0. The van der Waals surface area contributed by atoms with Crippen molar-refractivity contribution in [3.8, 4) is 0 Å². The minimum atomic E-state index is -0.0487. The van der Waals surface area contributed by atoms with Crippen molar-refractivity contribution < 1.29 is 19.1 Å². The molecule has 0 aromatic heterocycles. The molecule has 1 saturated carbocycles. The lowest BCUT2D eigenvalue weighted by Crippen LogP contribution is -2.40. The molecular formula is C20H27NO4. The van der Waals surface area contributed by atoms with E-state index in [2.05, 4.69) is 12.1 Å². The van der Waals surface area contributed by atoms with Crippen LogP contribution in [-0.2, 0) is 14.3 Å². The van der Waals surface area contributed by atoms with Crippen molar-refractivity contribution in [2.75, 3.05) is 32.9 Å². The van der Waals surface area contributed by atoms with Crippen LogP contribution in [0.4, 0.5) is 0 Å². The van der Waals surface area contributed by atoms with Crippen LogP contribution in [0.15, 0.2) is 24.3 Å². The van der Waals surface area contributed by atoms with E-state index in [9.17, 15) is 9.59 Å². The molecule has 3 rings (SSSR count). The van der Waals surface area contributed by atoms with Crippen LogP contribution in [0.1, 0.15) is 54.4 Å². The van der Waals surface area contributed by atoms with Gasteiger partial charge in [-0.1, -0.05) is 12.1 Å². The van der Waals surface area contributed by atoms with Gasteiger partial charge in [-0.15, -0.1) is 0 Å². The quantitative estimate of drug-likeness (QED) is 0.787. The van der Waals surface area contributed by atoms with Crippen molar-refractivity contribution in [2.45, 2.75) is 38.5 Å². The second-order valence-corrected chi connectivity index (χ2v) is 6.83. The first-order valence-electron chi connectivity index (χ1n) is 9.32. The molecule has 1 aliphatic heterocycles. The maximum absolute atomic E-state index is 12.5. The standard InChI is InChI=1S/C20H27NO4/c1-2-25-20(23)18-9-5-16(6-10-18)15-3-7-17(8-4-15)19(22)21-11-13-24-14-12-21/h3-4,7-8,16,18H,2,5-6,9-14H2,1H3. The summed E-state index contributed by atoms with van der Waals surface area (Å²) in [6.07, 6.45) is 3.77. The Morgan fingerprint density at radius 3 is 2.32 bits per heavy atom. The van der Waals surface area contributed by atoms with E-state index in [1.807, 2.05) is 24.0 Å². The van der Waals surface area contributed by atoms with Crippen LogP contribution in [0.25, 0.3) is 0 Å². The fourth-order valence-electron chi connectivity index (χ4n) is 3.77. The van der Waals surface area contributed by atoms with Crippen LogP contribution in [0.2, 0.25) is 0 Å². The number of morpholine rings is 1. The van der Waals surface area contributed by atoms with Gasteiger partial charge < -0.3 is 14.4 Å². The van der Waals surface area contributed by atoms with Gasteiger partial charge in [0, 0.05) is 18.7 Å². The summed E-state index contributed by atoms with van der Waals surface area (Å²) in [6.45, 7) is 4.87. The number of nitrogens with zero attached hydrogens (tertiary/aromatic N) is 1. The van der Waals surface area contributed by atoms with Crippen molar-refractivity contribution in [1.29, 1.82) is 0 Å². The van der Waals surface area contributed by atoms with Crippen molar-refractivity contribution in [3.63, 3.8) is 0 Å². The third-order valence-corrected chi connectivity index (χ3v) is 5.27. The van der Waals surface area contributed by atoms with E-state index in [0.29, 0.717) is 38.8 Å². The van der Waals surface area contributed by atoms with E-state index in [-0.39, 0.29) is 17.8 Å². The lowest BCUT2D eigenvalue weighted by Gasteiger charge is -2.28. The molecule has 5 nitrogen and oxygen atoms in total. The summed E-state index contributed by atoms with van der Waals surface area (Å²) in [6, 6.07) is 8.02. The molecule has 1 aromatic carbocycles. The second kappa shape index (κ2) is 8.48. The monoisotopic (exact) mass is 345 g/mol. The zero-order valence-corrected chi connectivity index (χ0v) is 14.9. The Bertz CT molecular complexity index is 584. The predicted octanol–water partition coefficient (Wildman–Crippen LogP) is 3.00. The van der Waals surface area contributed by atoms with Crippen LogP contribution >= 0.6 is 0 Å². The molecule has 2 fully saturated rings. The van der Waals surface area contributed by atoms with Crippen LogP contribution in [0.3, 0.4) is 0 Å². The average molecular weight is 345 g/mol. The molecular weight excluding hydrogens is 318 g/mol. The smallest absolute Gasteiger partial charge is 0.308 e. The molecule has 1 saturated heterocycles. The van der Waals surface area contributed by atoms with Gasteiger partial charge in [0.15, 0.2) is 0 Å². The fourth-order valence-corrected chi connectivity index (χ4v) is 3.77. The Balaban J connectivity index is 1.56. The largest absolute Gasteiger partial charge is 0.466 e. The number of esters is 1. The van der Waals surface area contributed by atoms with Crippen LogP contribution in [-0.4, -0.2) is 49.7 Å². The first kappa shape index (κ1) is 17.9. The highest BCUT2D eigenvalue weighted by Crippen LogP contribution is 2.36. The van der Waals surface area contributed by atoms with E-state index in [0.717, 1.165) is 31.2 Å². The van der Waals surface area contributed by atoms with Crippen LogP contribution < -0.4 is 0 Å². The van der Waals surface area contributed by atoms with Crippen LogP contribution in [0, 0.1) is 5.92 Å². The topological polar surface area (TPSA) is 55.8 Å². The van der Waals surface area contributed by atoms with Gasteiger partial charge in [-0.05, 0) is 56.2 Å². The Hall–Kier alpha value is -1.88. The highest BCUT2D eigenvalue weighted by Gasteiger charge is 2.28. The highest BCUT2D eigenvalue weighted by atomic mass is 16.5. The van der Waals surface area contributed by atoms with Gasteiger partial charge in [0.05, 0.1) is 25.7 Å². The van der Waals surface area contributed by atoms with E-state index in [4.69, 9.17) is 9.47 Å². The first-order valence-corrected chi connectivity index (χ1v) is 9.32. The van der Waals surface area contributed by atoms with Gasteiger partial charge in [-0.3, -0.25) is 9.59 Å². The van der Waals surface area contributed by atoms with Crippen molar-refractivity contribution in [2.24, 2.45) is 5.92 Å². The number of rotatable bonds is 4. The molecule has 0 spiro atoms. The summed E-state index contributed by atoms with van der Waals surface area (Å²) in [5, 5.41) is 0. The summed E-state index contributed by atoms with van der Waals surface area (Å²) in [7, 11) is 0. The number of benzene rings is 1. The van der Waals surface area contributed by atoms with Gasteiger partial charge in [0.2, 0.25) is 0 Å². The Labute approximate surface area is 149 Å². The Morgan fingerprint density at radius 2 is 1.72 bits per heavy atom. The molecule has 0 radical (unpaired) electrons. The lowest BCUT2D eigenvalue weighted by molar-refractivity contribution is -0.149. The predicted molar refractivity (Wildman–Crippen MR) is 94.5 cm³/mol. The van der Waals surface area contributed by atoms with E-state index < -0.39 is 0 Å². The fraction of sp³-hybridized carbons (Fsp3) is 0.600. The highest BCUT2D eigenvalue weighted by molar-refractivity contribution is 5.94. The zero-order chi connectivity index (χ0) is 17.6. The molecule has 2 aliphatic rings. The SMILES string of the molecule is CCOC(=O)C1CCC(c2ccc(C(=O)N3CCOCC3)cc2)CC1. The molecule has 25 heavy (non-hydrogen) atoms. The summed E-state index contributed by atoms with van der Waals surface area (Å²) in [4.78, 5) is 26.2. The Morgan fingerprint density at radius 1 is 1.08 bits per heavy atom. The first-order chi connectivity index (χ1) is 12.2. The van der Waals surface area contributed by atoms with Crippen molar-refractivity contribution >= 4 is 11.9 Å². The van der Waals surface area contributed by atoms with Gasteiger partial charge in [0.1, 0.15) is 0 Å². The van der Waals surface area contributed by atoms with Crippen LogP contribution in [0.5, 0.6) is 0 Å². The number of ether oxygens (including phenoxy) is 2. The molecule has 1 aromatic rings. The number of carbonyl (C=O) groups excluding carboxylic acids is 2. The number of carbonyl (C=O) groups is 2. The normalized spacial score (nSPS) is 24.0. The number of amides is 1. The zero-order valence-electron chi connectivity index (χ0n) is 14.9. The molecule has 1 heterocycles. The molecule has 0 bridgehead atoms. The third kappa shape index (κ3) is 4.40. The summed E-state index contributed by atoms with van der Waals surface area (Å²) < 4.78 is 10.4. The van der Waals surface area contributed by atoms with Crippen molar-refractivity contribution in [1.82, 2.24) is 4.90 Å². The molecule has 0 unspecified atom stereocenters. The van der Waals surface area contributed by atoms with E-state index in [1.165, 1.54) is 5.56 Å². The van der Waals surface area contributed by atoms with Gasteiger partial charge in [-0.2, -0.15) is 0 Å². The summed E-state index contributed by atoms with van der Waals surface area (Å²) in [5.74, 6) is 0.560. The van der Waals surface area contributed by atoms with Gasteiger partial charge >= 0.3 is 5.97 Å². The minimum Gasteiger partial charge on any atom is -0.466 e. The lowest BCUT2D eigenvalue weighted by atomic mass is 9.78.